The summed E-state index contributed by atoms with van der Waals surface area (Å²) >= 11 is 5.93. The molecule has 0 saturated carbocycles. The van der Waals surface area contributed by atoms with Crippen molar-refractivity contribution in [2.45, 2.75) is 19.8 Å². The second-order valence-corrected chi connectivity index (χ2v) is 4.90. The zero-order chi connectivity index (χ0) is 12.4. The molecule has 1 unspecified atom stereocenters. The fourth-order valence-corrected chi connectivity index (χ4v) is 2.39. The molecule has 1 N–H and O–H groups in total. The maximum Gasteiger partial charge on any atom is 0.168 e. The number of Topliss-reactive ketones (excluding diaryl/α,β-unsaturated/α-hetero) is 1. The topological polar surface area (TPSA) is 29.1 Å². The van der Waals surface area contributed by atoms with E-state index >= 15 is 0 Å². The van der Waals surface area contributed by atoms with Gasteiger partial charge in [0, 0.05) is 18.0 Å². The third-order valence-electron chi connectivity index (χ3n) is 3.18. The van der Waals surface area contributed by atoms with Crippen LogP contribution in [0.3, 0.4) is 0 Å². The Hall–Kier alpha value is -0.930. The van der Waals surface area contributed by atoms with E-state index in [0.29, 0.717) is 17.7 Å². The van der Waals surface area contributed by atoms with E-state index in [-0.39, 0.29) is 22.5 Å². The molecule has 92 valence electrons. The van der Waals surface area contributed by atoms with E-state index < -0.39 is 0 Å². The molecule has 1 saturated heterocycles. The molecule has 1 heterocycles. The molecule has 0 aliphatic carbocycles. The van der Waals surface area contributed by atoms with Crippen LogP contribution in [0.15, 0.2) is 12.1 Å². The van der Waals surface area contributed by atoms with Crippen molar-refractivity contribution in [2.75, 3.05) is 13.1 Å². The summed E-state index contributed by atoms with van der Waals surface area (Å²) in [5.41, 5.74) is 0.904. The van der Waals surface area contributed by atoms with Crippen LogP contribution in [-0.2, 0) is 0 Å². The highest BCUT2D eigenvalue weighted by atomic mass is 35.5. The van der Waals surface area contributed by atoms with E-state index in [4.69, 9.17) is 11.6 Å². The predicted octanol–water partition coefficient (Wildman–Crippen LogP) is 2.97. The number of rotatable bonds is 2. The van der Waals surface area contributed by atoms with Crippen LogP contribution in [0.4, 0.5) is 4.39 Å². The zero-order valence-corrected chi connectivity index (χ0v) is 10.5. The molecule has 1 aromatic rings. The molecule has 1 aromatic carbocycles. The molecule has 0 radical (unpaired) electrons. The molecule has 17 heavy (non-hydrogen) atoms. The molecule has 1 aliphatic rings. The summed E-state index contributed by atoms with van der Waals surface area (Å²) in [6, 6.07) is 2.77. The first kappa shape index (κ1) is 12.5. The molecule has 0 amide bonds. The third-order valence-corrected chi connectivity index (χ3v) is 3.49. The van der Waals surface area contributed by atoms with Crippen LogP contribution in [-0.4, -0.2) is 18.9 Å². The Morgan fingerprint density at radius 2 is 2.29 bits per heavy atom. The minimum atomic E-state index is -0.367. The normalized spacial score (nSPS) is 20.3. The van der Waals surface area contributed by atoms with E-state index in [1.165, 1.54) is 6.07 Å². The number of benzene rings is 1. The van der Waals surface area contributed by atoms with Gasteiger partial charge in [0.2, 0.25) is 0 Å². The lowest BCUT2D eigenvalue weighted by atomic mass is 9.90. The van der Waals surface area contributed by atoms with Crippen molar-refractivity contribution in [3.63, 3.8) is 0 Å². The van der Waals surface area contributed by atoms with Crippen LogP contribution in [0.1, 0.15) is 28.8 Å². The molecule has 0 spiro atoms. The van der Waals surface area contributed by atoms with Gasteiger partial charge >= 0.3 is 0 Å². The Morgan fingerprint density at radius 3 is 2.94 bits per heavy atom. The first-order valence-corrected chi connectivity index (χ1v) is 6.18. The number of piperidine rings is 1. The smallest absolute Gasteiger partial charge is 0.168 e. The summed E-state index contributed by atoms with van der Waals surface area (Å²) < 4.78 is 13.3. The van der Waals surface area contributed by atoms with Gasteiger partial charge in [0.1, 0.15) is 5.82 Å². The Balaban J connectivity index is 2.26. The maximum absolute atomic E-state index is 13.3. The molecule has 0 aromatic heterocycles. The average molecular weight is 256 g/mol. The highest BCUT2D eigenvalue weighted by molar-refractivity contribution is 6.34. The Bertz CT molecular complexity index is 441. The zero-order valence-electron chi connectivity index (χ0n) is 9.72. The van der Waals surface area contributed by atoms with Gasteiger partial charge in [-0.2, -0.15) is 0 Å². The monoisotopic (exact) mass is 255 g/mol. The summed E-state index contributed by atoms with van der Waals surface area (Å²) in [5.74, 6) is -0.385. The van der Waals surface area contributed by atoms with Gasteiger partial charge in [0.25, 0.3) is 0 Å². The molecule has 4 heteroatoms. The van der Waals surface area contributed by atoms with E-state index in [1.807, 2.05) is 0 Å². The second-order valence-electron chi connectivity index (χ2n) is 4.49. The number of nitrogens with one attached hydrogen (secondary N) is 1. The summed E-state index contributed by atoms with van der Waals surface area (Å²) in [6.45, 7) is 3.28. The SMILES string of the molecule is Cc1cc(C(=O)C2CCCNC2)c(Cl)cc1F. The van der Waals surface area contributed by atoms with Crippen LogP contribution < -0.4 is 5.32 Å². The van der Waals surface area contributed by atoms with Crippen LogP contribution >= 0.6 is 11.6 Å². The number of carbonyl (C=O) groups is 1. The quantitative estimate of drug-likeness (QED) is 0.824. The van der Waals surface area contributed by atoms with E-state index in [9.17, 15) is 9.18 Å². The lowest BCUT2D eigenvalue weighted by Crippen LogP contribution is -2.34. The van der Waals surface area contributed by atoms with Crippen molar-refractivity contribution in [1.29, 1.82) is 0 Å². The molecule has 1 fully saturated rings. The number of aryl methyl sites for hydroxylation is 1. The maximum atomic E-state index is 13.3. The van der Waals surface area contributed by atoms with E-state index in [0.717, 1.165) is 19.4 Å². The second kappa shape index (κ2) is 5.15. The van der Waals surface area contributed by atoms with Gasteiger partial charge in [-0.1, -0.05) is 11.6 Å². The van der Waals surface area contributed by atoms with Crippen molar-refractivity contribution in [2.24, 2.45) is 5.92 Å². The highest BCUT2D eigenvalue weighted by Crippen LogP contribution is 2.25. The Morgan fingerprint density at radius 1 is 1.53 bits per heavy atom. The van der Waals surface area contributed by atoms with Crippen molar-refractivity contribution >= 4 is 17.4 Å². The molecule has 1 atom stereocenters. The van der Waals surface area contributed by atoms with Crippen molar-refractivity contribution < 1.29 is 9.18 Å². The van der Waals surface area contributed by atoms with Gasteiger partial charge in [0.15, 0.2) is 5.78 Å². The standard InChI is InChI=1S/C13H15ClFNO/c1-8-5-10(11(14)6-12(8)15)13(17)9-3-2-4-16-7-9/h5-6,9,16H,2-4,7H2,1H3. The molecule has 1 aliphatic heterocycles. The minimum Gasteiger partial charge on any atom is -0.316 e. The molecule has 0 bridgehead atoms. The highest BCUT2D eigenvalue weighted by Gasteiger charge is 2.24. The van der Waals surface area contributed by atoms with Crippen molar-refractivity contribution in [3.8, 4) is 0 Å². The molecule has 2 rings (SSSR count). The van der Waals surface area contributed by atoms with Gasteiger partial charge in [0.05, 0.1) is 5.02 Å². The van der Waals surface area contributed by atoms with E-state index in [2.05, 4.69) is 5.32 Å². The number of carbonyl (C=O) groups excluding carboxylic acids is 1. The van der Waals surface area contributed by atoms with Gasteiger partial charge in [-0.25, -0.2) is 4.39 Å². The summed E-state index contributed by atoms with van der Waals surface area (Å²) in [7, 11) is 0. The summed E-state index contributed by atoms with van der Waals surface area (Å²) in [6.07, 6.45) is 1.87. The average Bonchev–Trinajstić information content (AvgIpc) is 2.34. The number of ketones is 1. The summed E-state index contributed by atoms with van der Waals surface area (Å²) in [5, 5.41) is 3.40. The largest absolute Gasteiger partial charge is 0.316 e. The molecule has 2 nitrogen and oxygen atoms in total. The first-order chi connectivity index (χ1) is 8.09. The van der Waals surface area contributed by atoms with Gasteiger partial charge in [-0.15, -0.1) is 0 Å². The van der Waals surface area contributed by atoms with Crippen LogP contribution in [0.2, 0.25) is 5.02 Å². The van der Waals surface area contributed by atoms with Gasteiger partial charge in [-0.3, -0.25) is 4.79 Å². The van der Waals surface area contributed by atoms with Crippen LogP contribution in [0.5, 0.6) is 0 Å². The van der Waals surface area contributed by atoms with Crippen molar-refractivity contribution in [3.05, 3.63) is 34.1 Å². The number of hydrogen-bond acceptors (Lipinski definition) is 2. The fraction of sp³-hybridized carbons (Fsp3) is 0.462. The lowest BCUT2D eigenvalue weighted by Gasteiger charge is -2.22. The van der Waals surface area contributed by atoms with Gasteiger partial charge in [-0.05, 0) is 44.0 Å². The number of halogens is 2. The minimum absolute atomic E-state index is 0.0188. The Kier molecular flexibility index (Phi) is 3.79. The lowest BCUT2D eigenvalue weighted by molar-refractivity contribution is 0.0899. The first-order valence-electron chi connectivity index (χ1n) is 5.80. The molecular formula is C13H15ClFNO. The molecular weight excluding hydrogens is 241 g/mol. The van der Waals surface area contributed by atoms with E-state index in [1.54, 1.807) is 13.0 Å². The Labute approximate surface area is 105 Å². The van der Waals surface area contributed by atoms with Crippen molar-refractivity contribution in [1.82, 2.24) is 5.32 Å². The predicted molar refractivity (Wildman–Crippen MR) is 66.1 cm³/mol. The van der Waals surface area contributed by atoms with Gasteiger partial charge < -0.3 is 5.32 Å². The summed E-state index contributed by atoms with van der Waals surface area (Å²) in [4.78, 5) is 12.2. The third kappa shape index (κ3) is 2.67. The van der Waals surface area contributed by atoms with Crippen LogP contribution in [0, 0.1) is 18.7 Å². The number of hydrogen-bond donors (Lipinski definition) is 1. The van der Waals surface area contributed by atoms with Crippen LogP contribution in [0.25, 0.3) is 0 Å². The fourth-order valence-electron chi connectivity index (χ4n) is 2.14.